The number of aromatic nitrogens is 2. The van der Waals surface area contributed by atoms with Crippen LogP contribution in [0, 0.1) is 5.92 Å². The fourth-order valence-corrected chi connectivity index (χ4v) is 1.91. The Balaban J connectivity index is 1.95. The van der Waals surface area contributed by atoms with Crippen molar-refractivity contribution in [2.45, 2.75) is 12.3 Å². The van der Waals surface area contributed by atoms with Gasteiger partial charge in [-0.1, -0.05) is 5.10 Å². The highest BCUT2D eigenvalue weighted by Gasteiger charge is 2.25. The van der Waals surface area contributed by atoms with Crippen molar-refractivity contribution in [3.8, 4) is 0 Å². The summed E-state index contributed by atoms with van der Waals surface area (Å²) >= 11 is 5.59. The number of ether oxygens (including phenoxy) is 1. The van der Waals surface area contributed by atoms with Gasteiger partial charge < -0.3 is 14.1 Å². The van der Waals surface area contributed by atoms with Gasteiger partial charge in [0.2, 0.25) is 5.89 Å². The van der Waals surface area contributed by atoms with E-state index in [0.717, 1.165) is 26.1 Å². The first-order chi connectivity index (χ1) is 7.33. The van der Waals surface area contributed by atoms with E-state index in [1.807, 2.05) is 0 Å². The molecule has 2 rings (SSSR count). The second-order valence-corrected chi connectivity index (χ2v) is 3.94. The van der Waals surface area contributed by atoms with Crippen LogP contribution in [0.15, 0.2) is 4.42 Å². The molecular weight excluding hydrogens is 218 g/mol. The lowest BCUT2D eigenvalue weighted by Gasteiger charge is -2.12. The highest BCUT2D eigenvalue weighted by Crippen LogP contribution is 2.22. The van der Waals surface area contributed by atoms with Crippen LogP contribution in [0.25, 0.3) is 0 Å². The smallest absolute Gasteiger partial charge is 0.318 e. The van der Waals surface area contributed by atoms with Gasteiger partial charge in [-0.3, -0.25) is 0 Å². The molecule has 5 nitrogen and oxygen atoms in total. The molecule has 0 N–H and O–H groups in total. The molecule has 6 heteroatoms. The fraction of sp³-hybridized carbons (Fsp3) is 0.778. The van der Waals surface area contributed by atoms with Gasteiger partial charge in [-0.05, 0) is 6.42 Å². The minimum Gasteiger partial charge on any atom is -0.407 e. The van der Waals surface area contributed by atoms with Crippen molar-refractivity contribution in [2.75, 3.05) is 31.7 Å². The van der Waals surface area contributed by atoms with Gasteiger partial charge in [-0.25, -0.2) is 0 Å². The maximum Gasteiger partial charge on any atom is 0.318 e. The molecule has 0 aliphatic carbocycles. The van der Waals surface area contributed by atoms with Gasteiger partial charge in [-0.15, -0.1) is 16.7 Å². The molecule has 0 aromatic carbocycles. The SMILES string of the molecule is COCC1CCN(c2nnc(CCl)o2)C1. The lowest BCUT2D eigenvalue weighted by atomic mass is 10.1. The normalized spacial score (nSPS) is 21.2. The second kappa shape index (κ2) is 4.81. The standard InChI is InChI=1S/C9H14ClN3O2/c1-14-6-7-2-3-13(5-7)9-12-11-8(4-10)15-9/h7H,2-6H2,1H3. The Kier molecular flexibility index (Phi) is 3.43. The molecule has 0 amide bonds. The number of methoxy groups -OCH3 is 1. The van der Waals surface area contributed by atoms with Gasteiger partial charge in [0.25, 0.3) is 0 Å². The molecule has 0 radical (unpaired) electrons. The number of alkyl halides is 1. The number of rotatable bonds is 4. The highest BCUT2D eigenvalue weighted by molar-refractivity contribution is 6.16. The predicted molar refractivity (Wildman–Crippen MR) is 56.1 cm³/mol. The van der Waals surface area contributed by atoms with Gasteiger partial charge in [0.1, 0.15) is 5.88 Å². The monoisotopic (exact) mass is 231 g/mol. The lowest BCUT2D eigenvalue weighted by Crippen LogP contribution is -2.21. The zero-order valence-electron chi connectivity index (χ0n) is 8.65. The van der Waals surface area contributed by atoms with E-state index in [9.17, 15) is 0 Å². The maximum absolute atomic E-state index is 5.59. The van der Waals surface area contributed by atoms with E-state index in [1.165, 1.54) is 0 Å². The zero-order valence-corrected chi connectivity index (χ0v) is 9.40. The van der Waals surface area contributed by atoms with Gasteiger partial charge >= 0.3 is 6.01 Å². The van der Waals surface area contributed by atoms with Crippen LogP contribution in [-0.2, 0) is 10.6 Å². The van der Waals surface area contributed by atoms with Crippen LogP contribution in [0.4, 0.5) is 6.01 Å². The fourth-order valence-electron chi connectivity index (χ4n) is 1.80. The van der Waals surface area contributed by atoms with Crippen LogP contribution in [-0.4, -0.2) is 37.0 Å². The first-order valence-electron chi connectivity index (χ1n) is 4.95. The summed E-state index contributed by atoms with van der Waals surface area (Å²) in [5.74, 6) is 1.30. The van der Waals surface area contributed by atoms with Gasteiger partial charge in [0, 0.05) is 26.1 Å². The van der Waals surface area contributed by atoms with Crippen LogP contribution in [0.2, 0.25) is 0 Å². The van der Waals surface area contributed by atoms with Crippen LogP contribution in [0.5, 0.6) is 0 Å². The molecule has 1 aliphatic rings. The minimum atomic E-state index is 0.266. The van der Waals surface area contributed by atoms with Crippen molar-refractivity contribution < 1.29 is 9.15 Å². The molecule has 0 spiro atoms. The van der Waals surface area contributed by atoms with E-state index < -0.39 is 0 Å². The van der Waals surface area contributed by atoms with Gasteiger partial charge in [-0.2, -0.15) is 0 Å². The average molecular weight is 232 g/mol. The van der Waals surface area contributed by atoms with E-state index in [-0.39, 0.29) is 5.88 Å². The molecule has 84 valence electrons. The molecule has 1 aliphatic heterocycles. The summed E-state index contributed by atoms with van der Waals surface area (Å²) in [6, 6.07) is 0.573. The summed E-state index contributed by atoms with van der Waals surface area (Å²) in [6.45, 7) is 2.64. The number of anilines is 1. The molecule has 1 unspecified atom stereocenters. The summed E-state index contributed by atoms with van der Waals surface area (Å²) in [6.07, 6.45) is 1.10. The highest BCUT2D eigenvalue weighted by atomic mass is 35.5. The molecule has 1 fully saturated rings. The molecule has 1 atom stereocenters. The lowest BCUT2D eigenvalue weighted by molar-refractivity contribution is 0.160. The van der Waals surface area contributed by atoms with Crippen molar-refractivity contribution in [3.05, 3.63) is 5.89 Å². The minimum absolute atomic E-state index is 0.266. The van der Waals surface area contributed by atoms with Crippen LogP contribution < -0.4 is 4.90 Å². The third-order valence-corrected chi connectivity index (χ3v) is 2.76. The Labute approximate surface area is 93.4 Å². The predicted octanol–water partition coefficient (Wildman–Crippen LogP) is 1.28. The molecule has 2 heterocycles. The van der Waals surface area contributed by atoms with E-state index in [0.29, 0.717) is 17.8 Å². The zero-order chi connectivity index (χ0) is 10.7. The van der Waals surface area contributed by atoms with Crippen molar-refractivity contribution >= 4 is 17.6 Å². The number of hydrogen-bond donors (Lipinski definition) is 0. The maximum atomic E-state index is 5.59. The Morgan fingerprint density at radius 2 is 2.47 bits per heavy atom. The van der Waals surface area contributed by atoms with E-state index in [1.54, 1.807) is 7.11 Å². The third-order valence-electron chi connectivity index (χ3n) is 2.53. The van der Waals surface area contributed by atoms with Crippen LogP contribution in [0.1, 0.15) is 12.3 Å². The van der Waals surface area contributed by atoms with Crippen LogP contribution >= 0.6 is 11.6 Å². The Bertz CT molecular complexity index is 318. The van der Waals surface area contributed by atoms with Gasteiger partial charge in [0.15, 0.2) is 0 Å². The van der Waals surface area contributed by atoms with Crippen molar-refractivity contribution in [1.82, 2.24) is 10.2 Å². The number of halogens is 1. The van der Waals surface area contributed by atoms with Gasteiger partial charge in [0.05, 0.1) is 6.61 Å². The summed E-state index contributed by atoms with van der Waals surface area (Å²) < 4.78 is 10.5. The number of nitrogens with zero attached hydrogens (tertiary/aromatic N) is 3. The summed E-state index contributed by atoms with van der Waals surface area (Å²) in [5, 5.41) is 7.78. The average Bonchev–Trinajstić information content (AvgIpc) is 2.85. The quantitative estimate of drug-likeness (QED) is 0.731. The largest absolute Gasteiger partial charge is 0.407 e. The molecule has 1 saturated heterocycles. The molecular formula is C9H14ClN3O2. The Morgan fingerprint density at radius 1 is 1.60 bits per heavy atom. The first kappa shape index (κ1) is 10.7. The van der Waals surface area contributed by atoms with Crippen molar-refractivity contribution in [1.29, 1.82) is 0 Å². The molecule has 0 bridgehead atoms. The molecule has 0 saturated carbocycles. The molecule has 1 aromatic heterocycles. The van der Waals surface area contributed by atoms with E-state index in [2.05, 4.69) is 15.1 Å². The molecule has 1 aromatic rings. The summed E-state index contributed by atoms with van der Waals surface area (Å²) in [4.78, 5) is 2.08. The number of hydrogen-bond acceptors (Lipinski definition) is 5. The third kappa shape index (κ3) is 2.41. The summed E-state index contributed by atoms with van der Waals surface area (Å²) in [7, 11) is 1.72. The Hall–Kier alpha value is -0.810. The summed E-state index contributed by atoms with van der Waals surface area (Å²) in [5.41, 5.74) is 0. The first-order valence-corrected chi connectivity index (χ1v) is 5.49. The van der Waals surface area contributed by atoms with E-state index in [4.69, 9.17) is 20.8 Å². The van der Waals surface area contributed by atoms with Crippen molar-refractivity contribution in [2.24, 2.45) is 5.92 Å². The van der Waals surface area contributed by atoms with Crippen LogP contribution in [0.3, 0.4) is 0 Å². The van der Waals surface area contributed by atoms with Crippen molar-refractivity contribution in [3.63, 3.8) is 0 Å². The van der Waals surface area contributed by atoms with E-state index >= 15 is 0 Å². The Morgan fingerprint density at radius 3 is 3.13 bits per heavy atom. The molecule has 15 heavy (non-hydrogen) atoms. The second-order valence-electron chi connectivity index (χ2n) is 3.67. The topological polar surface area (TPSA) is 51.4 Å².